The molecule has 2 aromatic carbocycles. The number of hydrogen-bond acceptors (Lipinski definition) is 7. The highest BCUT2D eigenvalue weighted by molar-refractivity contribution is 5.75. The smallest absolute Gasteiger partial charge is 0.407 e. The number of nitrogens with zero attached hydrogens (tertiary/aromatic N) is 1. The normalized spacial score (nSPS) is 12.7. The Bertz CT molecular complexity index is 935. The number of ketones is 1. The molecule has 0 spiro atoms. The van der Waals surface area contributed by atoms with E-state index in [1.54, 1.807) is 18.2 Å². The first-order valence-electron chi connectivity index (χ1n) is 13.1. The molecular weight excluding hydrogens is 472 g/mol. The number of nitrogens with one attached hydrogen (secondary N) is 1. The van der Waals surface area contributed by atoms with E-state index in [1.165, 1.54) is 6.92 Å². The summed E-state index contributed by atoms with van der Waals surface area (Å²) in [5.41, 5.74) is 0.976. The molecule has 8 heteroatoms. The number of rotatable bonds is 17. The number of aliphatic hydroxyl groups is 1. The van der Waals surface area contributed by atoms with Crippen LogP contribution in [0, 0.1) is 5.92 Å². The average molecular weight is 515 g/mol. The van der Waals surface area contributed by atoms with Gasteiger partial charge in [-0.2, -0.15) is 0 Å². The lowest BCUT2D eigenvalue weighted by molar-refractivity contribution is -0.117. The van der Waals surface area contributed by atoms with Gasteiger partial charge in [-0.3, -0.25) is 0 Å². The van der Waals surface area contributed by atoms with Crippen molar-refractivity contribution in [1.82, 2.24) is 10.4 Å². The third-order valence-corrected chi connectivity index (χ3v) is 6.26. The van der Waals surface area contributed by atoms with Crippen LogP contribution in [-0.2, 0) is 16.0 Å². The van der Waals surface area contributed by atoms with Crippen molar-refractivity contribution in [1.29, 1.82) is 0 Å². The quantitative estimate of drug-likeness (QED) is 0.231. The maximum atomic E-state index is 12.5. The van der Waals surface area contributed by atoms with Gasteiger partial charge >= 0.3 is 6.09 Å². The summed E-state index contributed by atoms with van der Waals surface area (Å²) in [5, 5.41) is 15.9. The molecule has 0 fully saturated rings. The molecule has 8 nitrogen and oxygen atoms in total. The van der Waals surface area contributed by atoms with Crippen molar-refractivity contribution in [3.8, 4) is 11.5 Å². The summed E-state index contributed by atoms with van der Waals surface area (Å²) < 4.78 is 10.6. The number of hydroxylamine groups is 2. The fraction of sp³-hybridized carbons (Fsp3) is 0.517. The second kappa shape index (κ2) is 16.6. The Morgan fingerprint density at radius 2 is 1.70 bits per heavy atom. The van der Waals surface area contributed by atoms with E-state index in [1.807, 2.05) is 48.5 Å². The van der Waals surface area contributed by atoms with Crippen LogP contribution in [0.2, 0.25) is 0 Å². The second-order valence-electron chi connectivity index (χ2n) is 9.25. The van der Waals surface area contributed by atoms with Crippen molar-refractivity contribution < 1.29 is 29.0 Å². The standard InChI is InChI=1S/C29H42N2O6/c1-5-23(6-2)20-31(37-26-16-10-15-25(19-26)35-4)21-28(33)27(18-24-13-8-7-9-14-24)30-29(34)36-17-11-12-22(3)32/h7-10,13-16,19,23,27-28,33H,5-6,11-12,17-18,20-21H2,1-4H3,(H,30,34). The Kier molecular flexibility index (Phi) is 13.5. The molecule has 0 heterocycles. The van der Waals surface area contributed by atoms with Gasteiger partial charge in [-0.1, -0.05) is 63.1 Å². The summed E-state index contributed by atoms with van der Waals surface area (Å²) in [6.45, 7) is 6.71. The minimum atomic E-state index is -0.940. The number of ether oxygens (including phenoxy) is 2. The zero-order valence-electron chi connectivity index (χ0n) is 22.5. The molecule has 0 radical (unpaired) electrons. The van der Waals surface area contributed by atoms with Gasteiger partial charge in [0.25, 0.3) is 0 Å². The first kappa shape index (κ1) is 30.1. The Balaban J connectivity index is 2.15. The van der Waals surface area contributed by atoms with Gasteiger partial charge in [0.15, 0.2) is 5.75 Å². The average Bonchev–Trinajstić information content (AvgIpc) is 2.89. The van der Waals surface area contributed by atoms with Crippen LogP contribution >= 0.6 is 0 Å². The van der Waals surface area contributed by atoms with Gasteiger partial charge < -0.3 is 29.5 Å². The third kappa shape index (κ3) is 11.7. The lowest BCUT2D eigenvalue weighted by Crippen LogP contribution is -2.51. The van der Waals surface area contributed by atoms with Gasteiger partial charge in [0, 0.05) is 19.0 Å². The minimum Gasteiger partial charge on any atom is -0.497 e. The number of Topliss-reactive ketones (excluding diaryl/α,β-unsaturated/α-hetero) is 1. The number of hydrogen-bond donors (Lipinski definition) is 2. The fourth-order valence-electron chi connectivity index (χ4n) is 3.96. The van der Waals surface area contributed by atoms with Crippen molar-refractivity contribution in [3.63, 3.8) is 0 Å². The van der Waals surface area contributed by atoms with E-state index in [0.29, 0.717) is 43.2 Å². The lowest BCUT2D eigenvalue weighted by Gasteiger charge is -2.31. The molecule has 0 aliphatic heterocycles. The Labute approximate surface area is 220 Å². The van der Waals surface area contributed by atoms with Crippen molar-refractivity contribution in [2.24, 2.45) is 5.92 Å². The maximum absolute atomic E-state index is 12.5. The zero-order chi connectivity index (χ0) is 27.0. The summed E-state index contributed by atoms with van der Waals surface area (Å²) in [7, 11) is 1.60. The number of alkyl carbamates (subject to hydrolysis) is 1. The third-order valence-electron chi connectivity index (χ3n) is 6.26. The van der Waals surface area contributed by atoms with Crippen LogP contribution in [0.3, 0.4) is 0 Å². The van der Waals surface area contributed by atoms with Crippen LogP contribution in [0.25, 0.3) is 0 Å². The van der Waals surface area contributed by atoms with E-state index in [9.17, 15) is 14.7 Å². The summed E-state index contributed by atoms with van der Waals surface area (Å²) in [4.78, 5) is 29.8. The summed E-state index contributed by atoms with van der Waals surface area (Å²) in [5.74, 6) is 1.71. The highest BCUT2D eigenvalue weighted by atomic mass is 16.7. The maximum Gasteiger partial charge on any atom is 0.407 e. The number of carbonyl (C=O) groups is 2. The number of benzene rings is 2. The van der Waals surface area contributed by atoms with Crippen molar-refractivity contribution in [3.05, 3.63) is 60.2 Å². The Morgan fingerprint density at radius 3 is 2.35 bits per heavy atom. The van der Waals surface area contributed by atoms with Gasteiger partial charge in [0.1, 0.15) is 11.5 Å². The second-order valence-corrected chi connectivity index (χ2v) is 9.25. The molecular formula is C29H42N2O6. The van der Waals surface area contributed by atoms with Crippen LogP contribution in [0.5, 0.6) is 11.5 Å². The Morgan fingerprint density at radius 1 is 1.00 bits per heavy atom. The SMILES string of the molecule is CCC(CC)CN(CC(O)C(Cc1ccccc1)NC(=O)OCCCC(C)=O)Oc1cccc(OC)c1. The Hall–Kier alpha value is -3.10. The first-order chi connectivity index (χ1) is 17.8. The predicted molar refractivity (Wildman–Crippen MR) is 144 cm³/mol. The molecule has 0 aliphatic carbocycles. The van der Waals surface area contributed by atoms with Crippen molar-refractivity contribution >= 4 is 11.9 Å². The number of amides is 1. The number of methoxy groups -OCH3 is 1. The molecule has 2 N–H and O–H groups in total. The number of aliphatic hydroxyl groups excluding tert-OH is 1. The summed E-state index contributed by atoms with van der Waals surface area (Å²) in [6, 6.07) is 16.4. The molecule has 2 rings (SSSR count). The van der Waals surface area contributed by atoms with E-state index in [4.69, 9.17) is 14.3 Å². The van der Waals surface area contributed by atoms with Gasteiger partial charge in [-0.25, -0.2) is 4.79 Å². The highest BCUT2D eigenvalue weighted by Crippen LogP contribution is 2.21. The lowest BCUT2D eigenvalue weighted by atomic mass is 10.00. The minimum absolute atomic E-state index is 0.0509. The molecule has 0 aliphatic rings. The van der Waals surface area contributed by atoms with Crippen LogP contribution in [-0.4, -0.2) is 61.0 Å². The zero-order valence-corrected chi connectivity index (χ0v) is 22.5. The summed E-state index contributed by atoms with van der Waals surface area (Å²) >= 11 is 0. The molecule has 0 saturated carbocycles. The topological polar surface area (TPSA) is 97.3 Å². The van der Waals surface area contributed by atoms with E-state index in [0.717, 1.165) is 18.4 Å². The highest BCUT2D eigenvalue weighted by Gasteiger charge is 2.27. The van der Waals surface area contributed by atoms with Crippen molar-refractivity contribution in [2.75, 3.05) is 26.8 Å². The molecule has 37 heavy (non-hydrogen) atoms. The van der Waals surface area contributed by atoms with Gasteiger partial charge in [0.2, 0.25) is 0 Å². The van der Waals surface area contributed by atoms with Crippen LogP contribution in [0.15, 0.2) is 54.6 Å². The van der Waals surface area contributed by atoms with E-state index in [-0.39, 0.29) is 18.9 Å². The molecule has 0 aromatic heterocycles. The number of carbonyl (C=O) groups excluding carboxylic acids is 2. The molecule has 204 valence electrons. The predicted octanol–water partition coefficient (Wildman–Crippen LogP) is 4.79. The first-order valence-corrected chi connectivity index (χ1v) is 13.1. The fourth-order valence-corrected chi connectivity index (χ4v) is 3.96. The van der Waals surface area contributed by atoms with Crippen molar-refractivity contribution in [2.45, 2.75) is 65.0 Å². The molecule has 2 atom stereocenters. The van der Waals surface area contributed by atoms with Crippen LogP contribution < -0.4 is 14.9 Å². The molecule has 0 bridgehead atoms. The monoisotopic (exact) mass is 514 g/mol. The van der Waals surface area contributed by atoms with Crippen LogP contribution in [0.1, 0.15) is 52.0 Å². The van der Waals surface area contributed by atoms with Crippen LogP contribution in [0.4, 0.5) is 4.79 Å². The van der Waals surface area contributed by atoms with Gasteiger partial charge in [0.05, 0.1) is 32.4 Å². The van der Waals surface area contributed by atoms with E-state index in [2.05, 4.69) is 19.2 Å². The van der Waals surface area contributed by atoms with E-state index < -0.39 is 18.2 Å². The van der Waals surface area contributed by atoms with Gasteiger partial charge in [-0.05, 0) is 43.4 Å². The van der Waals surface area contributed by atoms with Gasteiger partial charge in [-0.15, -0.1) is 5.06 Å². The van der Waals surface area contributed by atoms with E-state index >= 15 is 0 Å². The molecule has 1 amide bonds. The molecule has 2 aromatic rings. The molecule has 2 unspecified atom stereocenters. The largest absolute Gasteiger partial charge is 0.497 e. The molecule has 0 saturated heterocycles. The summed E-state index contributed by atoms with van der Waals surface area (Å²) in [6.07, 6.45) is 1.63.